The van der Waals surface area contributed by atoms with Crippen molar-refractivity contribution in [2.45, 2.75) is 32.7 Å². The van der Waals surface area contributed by atoms with Crippen LogP contribution in [0, 0.1) is 11.8 Å². The lowest BCUT2D eigenvalue weighted by molar-refractivity contribution is -0.144. The zero-order chi connectivity index (χ0) is 12.3. The first-order valence-electron chi connectivity index (χ1n) is 5.68. The molecule has 3 atom stereocenters. The number of aliphatic carboxylic acids is 1. The monoisotopic (exact) mass is 228 g/mol. The quantitative estimate of drug-likeness (QED) is 0.724. The fourth-order valence-corrected chi connectivity index (χ4v) is 2.16. The highest BCUT2D eigenvalue weighted by Crippen LogP contribution is 2.23. The van der Waals surface area contributed by atoms with Crippen molar-refractivity contribution in [1.29, 1.82) is 0 Å². The lowest BCUT2D eigenvalue weighted by Crippen LogP contribution is -2.46. The van der Waals surface area contributed by atoms with Gasteiger partial charge in [0, 0.05) is 18.5 Å². The maximum absolute atomic E-state index is 11.0. The van der Waals surface area contributed by atoms with E-state index < -0.39 is 5.97 Å². The minimum atomic E-state index is -0.713. The van der Waals surface area contributed by atoms with Gasteiger partial charge in [-0.2, -0.15) is 0 Å². The van der Waals surface area contributed by atoms with Crippen molar-refractivity contribution in [2.24, 2.45) is 17.6 Å². The topological polar surface area (TPSA) is 83.6 Å². The Labute approximate surface area is 95.6 Å². The summed E-state index contributed by atoms with van der Waals surface area (Å²) in [7, 11) is 0. The maximum atomic E-state index is 11.0. The number of hydrogen-bond acceptors (Lipinski definition) is 3. The molecule has 3 unspecified atom stereocenters. The molecule has 0 aromatic heterocycles. The van der Waals surface area contributed by atoms with Gasteiger partial charge in [0.2, 0.25) is 5.91 Å². The third-order valence-corrected chi connectivity index (χ3v) is 3.36. The normalized spacial score (nSPS) is 28.6. The van der Waals surface area contributed by atoms with E-state index in [9.17, 15) is 9.59 Å². The third kappa shape index (κ3) is 3.20. The third-order valence-electron chi connectivity index (χ3n) is 3.36. The Kier molecular flexibility index (Phi) is 4.29. The number of piperidine rings is 1. The van der Waals surface area contributed by atoms with E-state index in [0.29, 0.717) is 19.4 Å². The van der Waals surface area contributed by atoms with Crippen molar-refractivity contribution in [1.82, 2.24) is 4.90 Å². The zero-order valence-corrected chi connectivity index (χ0v) is 9.85. The second-order valence-corrected chi connectivity index (χ2v) is 4.71. The first-order valence-corrected chi connectivity index (χ1v) is 5.68. The minimum Gasteiger partial charge on any atom is -0.481 e. The van der Waals surface area contributed by atoms with E-state index in [1.165, 1.54) is 0 Å². The Hall–Kier alpha value is -1.10. The van der Waals surface area contributed by atoms with E-state index in [0.717, 1.165) is 6.54 Å². The molecule has 1 rings (SSSR count). The number of hydrogen-bond donors (Lipinski definition) is 2. The number of likely N-dealkylation sites (tertiary alicyclic amines) is 1. The molecule has 92 valence electrons. The Morgan fingerprint density at radius 1 is 1.56 bits per heavy atom. The number of rotatable bonds is 4. The van der Waals surface area contributed by atoms with Gasteiger partial charge in [-0.3, -0.25) is 14.5 Å². The maximum Gasteiger partial charge on any atom is 0.306 e. The Balaban J connectivity index is 2.47. The molecule has 16 heavy (non-hydrogen) atoms. The number of carbonyl (C=O) groups is 2. The number of nitrogens with two attached hydrogens (primary N) is 1. The van der Waals surface area contributed by atoms with Crippen LogP contribution in [0.1, 0.15) is 26.7 Å². The van der Waals surface area contributed by atoms with E-state index in [1.807, 2.05) is 6.92 Å². The number of primary amides is 1. The fraction of sp³-hybridized carbons (Fsp3) is 0.818. The molecule has 1 fully saturated rings. The molecule has 1 aliphatic rings. The van der Waals surface area contributed by atoms with Crippen LogP contribution in [0.5, 0.6) is 0 Å². The van der Waals surface area contributed by atoms with Crippen molar-refractivity contribution in [2.75, 3.05) is 13.1 Å². The molecule has 0 saturated carbocycles. The van der Waals surface area contributed by atoms with Gasteiger partial charge in [-0.15, -0.1) is 0 Å². The van der Waals surface area contributed by atoms with Crippen LogP contribution in [-0.2, 0) is 9.59 Å². The molecule has 0 spiro atoms. The van der Waals surface area contributed by atoms with Gasteiger partial charge in [-0.05, 0) is 26.3 Å². The molecule has 1 aliphatic heterocycles. The van der Waals surface area contributed by atoms with Gasteiger partial charge in [-0.1, -0.05) is 6.92 Å². The predicted octanol–water partition coefficient (Wildman–Crippen LogP) is 0.293. The number of carboxylic acids is 1. The van der Waals surface area contributed by atoms with Crippen LogP contribution in [0.25, 0.3) is 0 Å². The molecule has 5 heteroatoms. The average Bonchev–Trinajstić information content (AvgIpc) is 2.20. The van der Waals surface area contributed by atoms with Crippen LogP contribution in [0.4, 0.5) is 0 Å². The SMILES string of the molecule is CC(CN1CCC(C(=O)O)CC1C)C(N)=O. The average molecular weight is 228 g/mol. The standard InChI is InChI=1S/C11H20N2O3/c1-7(10(12)14)6-13-4-3-9(11(15)16)5-8(13)2/h7-9H,3-6H2,1-2H3,(H2,12,14)(H,15,16). The van der Waals surface area contributed by atoms with Crippen molar-refractivity contribution < 1.29 is 14.7 Å². The zero-order valence-electron chi connectivity index (χ0n) is 9.85. The summed E-state index contributed by atoms with van der Waals surface area (Å²) in [6.45, 7) is 5.17. The smallest absolute Gasteiger partial charge is 0.306 e. The van der Waals surface area contributed by atoms with Crippen LogP contribution < -0.4 is 5.73 Å². The van der Waals surface area contributed by atoms with Gasteiger partial charge in [0.05, 0.1) is 5.92 Å². The molecule has 0 aliphatic carbocycles. The van der Waals surface area contributed by atoms with Gasteiger partial charge < -0.3 is 10.8 Å². The molecule has 0 bridgehead atoms. The minimum absolute atomic E-state index is 0.177. The lowest BCUT2D eigenvalue weighted by atomic mass is 9.91. The van der Waals surface area contributed by atoms with Crippen LogP contribution in [0.2, 0.25) is 0 Å². The van der Waals surface area contributed by atoms with Crippen LogP contribution in [-0.4, -0.2) is 41.0 Å². The summed E-state index contributed by atoms with van der Waals surface area (Å²) in [5.41, 5.74) is 5.21. The van der Waals surface area contributed by atoms with Gasteiger partial charge in [0.25, 0.3) is 0 Å². The van der Waals surface area contributed by atoms with E-state index in [1.54, 1.807) is 6.92 Å². The Bertz CT molecular complexity index is 280. The number of carbonyl (C=O) groups excluding carboxylic acids is 1. The molecule has 0 aromatic rings. The molecular formula is C11H20N2O3. The molecule has 3 N–H and O–H groups in total. The first-order chi connectivity index (χ1) is 7.41. The van der Waals surface area contributed by atoms with E-state index in [2.05, 4.69) is 4.90 Å². The lowest BCUT2D eigenvalue weighted by Gasteiger charge is -2.37. The van der Waals surface area contributed by atoms with Crippen molar-refractivity contribution >= 4 is 11.9 Å². The number of amides is 1. The molecule has 5 nitrogen and oxygen atoms in total. The van der Waals surface area contributed by atoms with Crippen molar-refractivity contribution in [3.8, 4) is 0 Å². The highest BCUT2D eigenvalue weighted by molar-refractivity contribution is 5.76. The van der Waals surface area contributed by atoms with Crippen molar-refractivity contribution in [3.63, 3.8) is 0 Å². The summed E-state index contributed by atoms with van der Waals surface area (Å²) in [4.78, 5) is 23.9. The van der Waals surface area contributed by atoms with Crippen molar-refractivity contribution in [3.05, 3.63) is 0 Å². The fourth-order valence-electron chi connectivity index (χ4n) is 2.16. The van der Waals surface area contributed by atoms with Crippen LogP contribution in [0.15, 0.2) is 0 Å². The van der Waals surface area contributed by atoms with Gasteiger partial charge in [-0.25, -0.2) is 0 Å². The molecule has 1 saturated heterocycles. The number of nitrogens with zero attached hydrogens (tertiary/aromatic N) is 1. The summed E-state index contributed by atoms with van der Waals surface area (Å²) in [6, 6.07) is 0.205. The van der Waals surface area contributed by atoms with E-state index >= 15 is 0 Å². The summed E-state index contributed by atoms with van der Waals surface area (Å²) in [5.74, 6) is -1.43. The van der Waals surface area contributed by atoms with Crippen LogP contribution >= 0.6 is 0 Å². The van der Waals surface area contributed by atoms with Gasteiger partial charge in [0.1, 0.15) is 0 Å². The van der Waals surface area contributed by atoms with E-state index in [4.69, 9.17) is 10.8 Å². The Morgan fingerprint density at radius 2 is 2.19 bits per heavy atom. The highest BCUT2D eigenvalue weighted by atomic mass is 16.4. The van der Waals surface area contributed by atoms with E-state index in [-0.39, 0.29) is 23.8 Å². The number of carboxylic acid groups (broad SMARTS) is 1. The molecular weight excluding hydrogens is 208 g/mol. The predicted molar refractivity (Wildman–Crippen MR) is 59.8 cm³/mol. The molecule has 0 radical (unpaired) electrons. The second-order valence-electron chi connectivity index (χ2n) is 4.71. The highest BCUT2D eigenvalue weighted by Gasteiger charge is 2.30. The second kappa shape index (κ2) is 5.30. The summed E-state index contributed by atoms with van der Waals surface area (Å²) in [6.07, 6.45) is 1.31. The summed E-state index contributed by atoms with van der Waals surface area (Å²) < 4.78 is 0. The first kappa shape index (κ1) is 13.0. The molecule has 1 amide bonds. The summed E-state index contributed by atoms with van der Waals surface area (Å²) >= 11 is 0. The Morgan fingerprint density at radius 3 is 2.62 bits per heavy atom. The van der Waals surface area contributed by atoms with Gasteiger partial charge in [0.15, 0.2) is 0 Å². The van der Waals surface area contributed by atoms with Crippen LogP contribution in [0.3, 0.4) is 0 Å². The summed E-state index contributed by atoms with van der Waals surface area (Å²) in [5, 5.41) is 8.92. The largest absolute Gasteiger partial charge is 0.481 e. The molecule has 1 heterocycles. The van der Waals surface area contributed by atoms with Gasteiger partial charge >= 0.3 is 5.97 Å². The molecule has 0 aromatic carbocycles.